The van der Waals surface area contributed by atoms with E-state index in [4.69, 9.17) is 9.84 Å². The lowest BCUT2D eigenvalue weighted by molar-refractivity contribution is -0.142. The maximum atomic E-state index is 12.1. The SMILES string of the molecule is CCCC1CCN(C(=O)NC2COCC2C(=O)O)C1. The van der Waals surface area contributed by atoms with E-state index < -0.39 is 17.9 Å². The van der Waals surface area contributed by atoms with Crippen LogP contribution in [0.25, 0.3) is 0 Å². The van der Waals surface area contributed by atoms with Crippen molar-refractivity contribution < 1.29 is 19.4 Å². The van der Waals surface area contributed by atoms with Crippen LogP contribution in [-0.4, -0.2) is 54.4 Å². The van der Waals surface area contributed by atoms with Crippen LogP contribution in [0.5, 0.6) is 0 Å². The third-order valence-corrected chi connectivity index (χ3v) is 3.98. The quantitative estimate of drug-likeness (QED) is 0.796. The number of likely N-dealkylation sites (tertiary alicyclic amines) is 1. The smallest absolute Gasteiger partial charge is 0.317 e. The van der Waals surface area contributed by atoms with Gasteiger partial charge in [0, 0.05) is 13.1 Å². The van der Waals surface area contributed by atoms with Crippen molar-refractivity contribution in [1.82, 2.24) is 10.2 Å². The van der Waals surface area contributed by atoms with Crippen molar-refractivity contribution >= 4 is 12.0 Å². The van der Waals surface area contributed by atoms with Crippen LogP contribution in [-0.2, 0) is 9.53 Å². The van der Waals surface area contributed by atoms with Gasteiger partial charge in [-0.1, -0.05) is 13.3 Å². The first-order valence-corrected chi connectivity index (χ1v) is 6.97. The number of carboxylic acids is 1. The Bertz CT molecular complexity index is 348. The number of nitrogens with zero attached hydrogens (tertiary/aromatic N) is 1. The number of carboxylic acid groups (broad SMARTS) is 1. The molecular formula is C13H22N2O4. The van der Waals surface area contributed by atoms with E-state index >= 15 is 0 Å². The topological polar surface area (TPSA) is 78.9 Å². The Morgan fingerprint density at radius 1 is 1.42 bits per heavy atom. The van der Waals surface area contributed by atoms with E-state index in [1.165, 1.54) is 0 Å². The Kier molecular flexibility index (Phi) is 4.63. The Morgan fingerprint density at radius 2 is 2.21 bits per heavy atom. The molecule has 3 atom stereocenters. The van der Waals surface area contributed by atoms with Crippen molar-refractivity contribution in [2.45, 2.75) is 32.2 Å². The van der Waals surface area contributed by atoms with Gasteiger partial charge in [0.05, 0.1) is 19.3 Å². The summed E-state index contributed by atoms with van der Waals surface area (Å²) in [5.74, 6) is -0.947. The summed E-state index contributed by atoms with van der Waals surface area (Å²) in [6.45, 7) is 4.16. The minimum absolute atomic E-state index is 0.152. The van der Waals surface area contributed by atoms with Crippen molar-refractivity contribution in [1.29, 1.82) is 0 Å². The first-order chi connectivity index (χ1) is 9.11. The van der Waals surface area contributed by atoms with Crippen LogP contribution in [0.1, 0.15) is 26.2 Å². The number of rotatable bonds is 4. The summed E-state index contributed by atoms with van der Waals surface area (Å²) >= 11 is 0. The molecule has 2 fully saturated rings. The minimum Gasteiger partial charge on any atom is -0.481 e. The third-order valence-electron chi connectivity index (χ3n) is 3.98. The molecular weight excluding hydrogens is 248 g/mol. The summed E-state index contributed by atoms with van der Waals surface area (Å²) in [5, 5.41) is 11.8. The lowest BCUT2D eigenvalue weighted by Gasteiger charge is -2.22. The lowest BCUT2D eigenvalue weighted by atomic mass is 10.0. The van der Waals surface area contributed by atoms with Crippen molar-refractivity contribution in [3.05, 3.63) is 0 Å². The molecule has 0 radical (unpaired) electrons. The highest BCUT2D eigenvalue weighted by atomic mass is 16.5. The predicted molar refractivity (Wildman–Crippen MR) is 68.9 cm³/mol. The molecule has 0 aromatic rings. The Morgan fingerprint density at radius 3 is 2.89 bits per heavy atom. The van der Waals surface area contributed by atoms with Gasteiger partial charge in [-0.15, -0.1) is 0 Å². The van der Waals surface area contributed by atoms with Crippen LogP contribution in [0.15, 0.2) is 0 Å². The third kappa shape index (κ3) is 3.37. The molecule has 0 spiro atoms. The zero-order chi connectivity index (χ0) is 13.8. The molecule has 0 aromatic carbocycles. The molecule has 0 aromatic heterocycles. The number of carbonyl (C=O) groups is 2. The highest BCUT2D eigenvalue weighted by Crippen LogP contribution is 2.21. The highest BCUT2D eigenvalue weighted by molar-refractivity contribution is 5.77. The maximum Gasteiger partial charge on any atom is 0.317 e. The first kappa shape index (κ1) is 14.1. The van der Waals surface area contributed by atoms with E-state index in [0.717, 1.165) is 32.4 Å². The lowest BCUT2D eigenvalue weighted by Crippen LogP contribution is -2.48. The van der Waals surface area contributed by atoms with Crippen LogP contribution in [0, 0.1) is 11.8 Å². The van der Waals surface area contributed by atoms with Crippen LogP contribution in [0.2, 0.25) is 0 Å². The van der Waals surface area contributed by atoms with Crippen LogP contribution in [0.4, 0.5) is 4.79 Å². The van der Waals surface area contributed by atoms with Crippen LogP contribution >= 0.6 is 0 Å². The number of urea groups is 1. The molecule has 2 N–H and O–H groups in total. The van der Waals surface area contributed by atoms with Crippen molar-refractivity contribution in [2.75, 3.05) is 26.3 Å². The fourth-order valence-corrected chi connectivity index (χ4v) is 2.85. The second-order valence-electron chi connectivity index (χ2n) is 5.43. The fraction of sp³-hybridized carbons (Fsp3) is 0.846. The summed E-state index contributed by atoms with van der Waals surface area (Å²) < 4.78 is 5.14. The largest absolute Gasteiger partial charge is 0.481 e. The molecule has 6 heteroatoms. The fourth-order valence-electron chi connectivity index (χ4n) is 2.85. The number of amides is 2. The van der Waals surface area contributed by atoms with Gasteiger partial charge in [-0.2, -0.15) is 0 Å². The Labute approximate surface area is 113 Å². The number of aliphatic carboxylic acids is 1. The monoisotopic (exact) mass is 270 g/mol. The number of carbonyl (C=O) groups excluding carboxylic acids is 1. The Hall–Kier alpha value is -1.30. The molecule has 2 saturated heterocycles. The van der Waals surface area contributed by atoms with Crippen LogP contribution < -0.4 is 5.32 Å². The molecule has 2 aliphatic heterocycles. The number of nitrogens with one attached hydrogen (secondary N) is 1. The van der Waals surface area contributed by atoms with E-state index in [2.05, 4.69) is 12.2 Å². The average molecular weight is 270 g/mol. The van der Waals surface area contributed by atoms with E-state index in [-0.39, 0.29) is 19.2 Å². The zero-order valence-corrected chi connectivity index (χ0v) is 11.3. The van der Waals surface area contributed by atoms with Gasteiger partial charge >= 0.3 is 12.0 Å². The van der Waals surface area contributed by atoms with Gasteiger partial charge in [0.15, 0.2) is 0 Å². The normalized spacial score (nSPS) is 30.6. The van der Waals surface area contributed by atoms with Crippen molar-refractivity contribution in [2.24, 2.45) is 11.8 Å². The molecule has 2 heterocycles. The van der Waals surface area contributed by atoms with E-state index in [9.17, 15) is 9.59 Å². The molecule has 0 bridgehead atoms. The van der Waals surface area contributed by atoms with Gasteiger partial charge in [-0.3, -0.25) is 4.79 Å². The highest BCUT2D eigenvalue weighted by Gasteiger charge is 2.36. The molecule has 19 heavy (non-hydrogen) atoms. The summed E-state index contributed by atoms with van der Waals surface area (Å²) in [7, 11) is 0. The standard InChI is InChI=1S/C13H22N2O4/c1-2-3-9-4-5-15(6-9)13(18)14-11-8-19-7-10(11)12(16)17/h9-11H,2-8H2,1H3,(H,14,18)(H,16,17). The second-order valence-corrected chi connectivity index (χ2v) is 5.43. The summed E-state index contributed by atoms with van der Waals surface area (Å²) in [4.78, 5) is 24.9. The van der Waals surface area contributed by atoms with E-state index in [0.29, 0.717) is 5.92 Å². The summed E-state index contributed by atoms with van der Waals surface area (Å²) in [6, 6.07) is -0.560. The molecule has 2 rings (SSSR count). The van der Waals surface area contributed by atoms with Gasteiger partial charge in [-0.25, -0.2) is 4.79 Å². The number of hydrogen-bond acceptors (Lipinski definition) is 3. The Balaban J connectivity index is 1.83. The molecule has 108 valence electrons. The van der Waals surface area contributed by atoms with Crippen molar-refractivity contribution in [3.63, 3.8) is 0 Å². The zero-order valence-electron chi connectivity index (χ0n) is 11.3. The molecule has 3 unspecified atom stereocenters. The van der Waals surface area contributed by atoms with Gasteiger partial charge in [0.2, 0.25) is 0 Å². The average Bonchev–Trinajstić information content (AvgIpc) is 2.98. The number of hydrogen-bond donors (Lipinski definition) is 2. The predicted octanol–water partition coefficient (Wildman–Crippen LogP) is 0.918. The van der Waals surface area contributed by atoms with Gasteiger partial charge in [-0.05, 0) is 18.8 Å². The molecule has 0 aliphatic carbocycles. The van der Waals surface area contributed by atoms with Gasteiger partial charge < -0.3 is 20.1 Å². The summed E-state index contributed by atoms with van der Waals surface area (Å²) in [6.07, 6.45) is 3.33. The van der Waals surface area contributed by atoms with Gasteiger partial charge in [0.1, 0.15) is 5.92 Å². The van der Waals surface area contributed by atoms with E-state index in [1.807, 2.05) is 0 Å². The summed E-state index contributed by atoms with van der Waals surface area (Å²) in [5.41, 5.74) is 0. The van der Waals surface area contributed by atoms with Crippen LogP contribution in [0.3, 0.4) is 0 Å². The molecule has 2 amide bonds. The van der Waals surface area contributed by atoms with Gasteiger partial charge in [0.25, 0.3) is 0 Å². The van der Waals surface area contributed by atoms with Crippen molar-refractivity contribution in [3.8, 4) is 0 Å². The maximum absolute atomic E-state index is 12.1. The number of ether oxygens (including phenoxy) is 1. The molecule has 6 nitrogen and oxygen atoms in total. The minimum atomic E-state index is -0.909. The van der Waals surface area contributed by atoms with E-state index in [1.54, 1.807) is 4.90 Å². The second kappa shape index (κ2) is 6.23. The first-order valence-electron chi connectivity index (χ1n) is 6.97. The molecule has 0 saturated carbocycles. The molecule has 2 aliphatic rings.